The number of carbonyl (C=O) groups excluding carboxylic acids is 1. The monoisotopic (exact) mass is 261 g/mol. The fourth-order valence-corrected chi connectivity index (χ4v) is 2.18. The number of hydrogen-bond donors (Lipinski definition) is 2. The molecule has 1 aromatic rings. The van der Waals surface area contributed by atoms with Gasteiger partial charge in [0.05, 0.1) is 6.54 Å². The minimum Gasteiger partial charge on any atom is -0.376 e. The molecule has 1 amide bonds. The molecule has 0 aromatic heterocycles. The van der Waals surface area contributed by atoms with Gasteiger partial charge in [0.2, 0.25) is 5.91 Å². The first kappa shape index (κ1) is 13.9. The molecule has 1 saturated carbocycles. The first-order chi connectivity index (χ1) is 9.29. The van der Waals surface area contributed by atoms with Gasteiger partial charge in [-0.15, -0.1) is 0 Å². The van der Waals surface area contributed by atoms with E-state index in [-0.39, 0.29) is 5.91 Å². The standard InChI is InChI=1S/C15H23N3O/c1-2-18(14-8-9-14)11-10-16-15(19)12-17-13-6-4-3-5-7-13/h3-7,14,17H,2,8-12H2,1H3,(H,16,19). The first-order valence-corrected chi connectivity index (χ1v) is 7.09. The van der Waals surface area contributed by atoms with Gasteiger partial charge in [-0.1, -0.05) is 25.1 Å². The number of nitrogens with one attached hydrogen (secondary N) is 2. The number of likely N-dealkylation sites (N-methyl/N-ethyl adjacent to an activating group) is 1. The van der Waals surface area contributed by atoms with Crippen molar-refractivity contribution in [2.45, 2.75) is 25.8 Å². The minimum atomic E-state index is 0.0516. The number of para-hydroxylation sites is 1. The topological polar surface area (TPSA) is 44.4 Å². The van der Waals surface area contributed by atoms with Gasteiger partial charge in [0.15, 0.2) is 0 Å². The number of amides is 1. The smallest absolute Gasteiger partial charge is 0.239 e. The largest absolute Gasteiger partial charge is 0.376 e. The Morgan fingerprint density at radius 2 is 2.05 bits per heavy atom. The molecule has 4 heteroatoms. The van der Waals surface area contributed by atoms with Crippen LogP contribution < -0.4 is 10.6 Å². The zero-order valence-electron chi connectivity index (χ0n) is 11.6. The van der Waals surface area contributed by atoms with Gasteiger partial charge in [-0.05, 0) is 31.5 Å². The summed E-state index contributed by atoms with van der Waals surface area (Å²) >= 11 is 0. The number of carbonyl (C=O) groups is 1. The molecule has 0 atom stereocenters. The average Bonchev–Trinajstić information content (AvgIpc) is 3.27. The third kappa shape index (κ3) is 4.91. The van der Waals surface area contributed by atoms with E-state index in [1.54, 1.807) is 0 Å². The first-order valence-electron chi connectivity index (χ1n) is 7.09. The van der Waals surface area contributed by atoms with E-state index in [0.29, 0.717) is 6.54 Å². The zero-order chi connectivity index (χ0) is 13.5. The Balaban J connectivity index is 1.59. The molecule has 0 radical (unpaired) electrons. The van der Waals surface area contributed by atoms with Crippen molar-refractivity contribution in [1.82, 2.24) is 10.2 Å². The van der Waals surface area contributed by atoms with E-state index < -0.39 is 0 Å². The summed E-state index contributed by atoms with van der Waals surface area (Å²) in [6.07, 6.45) is 2.63. The van der Waals surface area contributed by atoms with Crippen LogP contribution in [0.4, 0.5) is 5.69 Å². The molecule has 0 bridgehead atoms. The van der Waals surface area contributed by atoms with E-state index in [4.69, 9.17) is 0 Å². The lowest BCUT2D eigenvalue weighted by molar-refractivity contribution is -0.119. The van der Waals surface area contributed by atoms with E-state index >= 15 is 0 Å². The molecule has 1 aromatic carbocycles. The van der Waals surface area contributed by atoms with Crippen LogP contribution in [-0.4, -0.2) is 43.0 Å². The molecule has 0 spiro atoms. The second-order valence-electron chi connectivity index (χ2n) is 4.93. The fourth-order valence-electron chi connectivity index (χ4n) is 2.18. The quantitative estimate of drug-likeness (QED) is 0.748. The Bertz CT molecular complexity index is 390. The highest BCUT2D eigenvalue weighted by molar-refractivity contribution is 5.80. The average molecular weight is 261 g/mol. The second kappa shape index (κ2) is 7.14. The molecular formula is C15H23N3O. The number of anilines is 1. The Labute approximate surface area is 115 Å². The molecule has 0 unspecified atom stereocenters. The van der Waals surface area contributed by atoms with Gasteiger partial charge in [-0.25, -0.2) is 0 Å². The van der Waals surface area contributed by atoms with Crippen molar-refractivity contribution in [3.63, 3.8) is 0 Å². The number of rotatable bonds is 8. The van der Waals surface area contributed by atoms with Crippen LogP contribution in [0.5, 0.6) is 0 Å². The van der Waals surface area contributed by atoms with Gasteiger partial charge in [-0.2, -0.15) is 0 Å². The van der Waals surface area contributed by atoms with Crippen LogP contribution in [0.2, 0.25) is 0 Å². The second-order valence-corrected chi connectivity index (χ2v) is 4.93. The summed E-state index contributed by atoms with van der Waals surface area (Å²) in [6.45, 7) is 5.28. The molecule has 2 N–H and O–H groups in total. The molecule has 19 heavy (non-hydrogen) atoms. The maximum absolute atomic E-state index is 11.7. The lowest BCUT2D eigenvalue weighted by atomic mass is 10.3. The van der Waals surface area contributed by atoms with Gasteiger partial charge in [0.25, 0.3) is 0 Å². The molecule has 1 aliphatic rings. The van der Waals surface area contributed by atoms with Crippen molar-refractivity contribution in [3.05, 3.63) is 30.3 Å². The van der Waals surface area contributed by atoms with Crippen LogP contribution >= 0.6 is 0 Å². The Kier molecular flexibility index (Phi) is 5.21. The lowest BCUT2D eigenvalue weighted by Crippen LogP contribution is -2.38. The van der Waals surface area contributed by atoms with Crippen molar-refractivity contribution in [2.75, 3.05) is 31.5 Å². The van der Waals surface area contributed by atoms with E-state index in [9.17, 15) is 4.79 Å². The molecule has 2 rings (SSSR count). The minimum absolute atomic E-state index is 0.0516. The Morgan fingerprint density at radius 1 is 1.32 bits per heavy atom. The molecule has 0 saturated heterocycles. The Hall–Kier alpha value is -1.55. The van der Waals surface area contributed by atoms with Crippen LogP contribution in [0.15, 0.2) is 30.3 Å². The zero-order valence-corrected chi connectivity index (χ0v) is 11.6. The lowest BCUT2D eigenvalue weighted by Gasteiger charge is -2.19. The summed E-state index contributed by atoms with van der Waals surface area (Å²) in [7, 11) is 0. The summed E-state index contributed by atoms with van der Waals surface area (Å²) < 4.78 is 0. The molecule has 1 aliphatic carbocycles. The molecule has 0 aliphatic heterocycles. The highest BCUT2D eigenvalue weighted by atomic mass is 16.1. The van der Waals surface area contributed by atoms with Crippen molar-refractivity contribution >= 4 is 11.6 Å². The number of benzene rings is 1. The van der Waals surface area contributed by atoms with E-state index in [1.165, 1.54) is 12.8 Å². The van der Waals surface area contributed by atoms with Gasteiger partial charge < -0.3 is 10.6 Å². The summed E-state index contributed by atoms with van der Waals surface area (Å²) in [5, 5.41) is 6.06. The van der Waals surface area contributed by atoms with Crippen molar-refractivity contribution in [1.29, 1.82) is 0 Å². The van der Waals surface area contributed by atoms with Crippen LogP contribution in [0.25, 0.3) is 0 Å². The van der Waals surface area contributed by atoms with Crippen LogP contribution in [0.1, 0.15) is 19.8 Å². The molecular weight excluding hydrogens is 238 g/mol. The van der Waals surface area contributed by atoms with Crippen LogP contribution in [0.3, 0.4) is 0 Å². The molecule has 1 fully saturated rings. The summed E-state index contributed by atoms with van der Waals surface area (Å²) in [5.41, 5.74) is 0.978. The van der Waals surface area contributed by atoms with E-state index in [1.807, 2.05) is 30.3 Å². The van der Waals surface area contributed by atoms with Crippen molar-refractivity contribution in [2.24, 2.45) is 0 Å². The maximum atomic E-state index is 11.7. The maximum Gasteiger partial charge on any atom is 0.239 e. The molecule has 4 nitrogen and oxygen atoms in total. The number of nitrogens with zero attached hydrogens (tertiary/aromatic N) is 1. The van der Waals surface area contributed by atoms with E-state index in [0.717, 1.165) is 31.4 Å². The molecule has 104 valence electrons. The third-order valence-electron chi connectivity index (χ3n) is 3.42. The SMILES string of the molecule is CCN(CCNC(=O)CNc1ccccc1)C1CC1. The summed E-state index contributed by atoms with van der Waals surface area (Å²) in [6, 6.07) is 10.6. The highest BCUT2D eigenvalue weighted by Gasteiger charge is 2.27. The fraction of sp³-hybridized carbons (Fsp3) is 0.533. The van der Waals surface area contributed by atoms with Gasteiger partial charge in [0, 0.05) is 24.8 Å². The highest BCUT2D eigenvalue weighted by Crippen LogP contribution is 2.25. The summed E-state index contributed by atoms with van der Waals surface area (Å²) in [4.78, 5) is 14.1. The van der Waals surface area contributed by atoms with E-state index in [2.05, 4.69) is 22.5 Å². The third-order valence-corrected chi connectivity index (χ3v) is 3.42. The van der Waals surface area contributed by atoms with Gasteiger partial charge in [-0.3, -0.25) is 9.69 Å². The van der Waals surface area contributed by atoms with Crippen LogP contribution in [-0.2, 0) is 4.79 Å². The van der Waals surface area contributed by atoms with Crippen molar-refractivity contribution in [3.8, 4) is 0 Å². The normalized spacial score (nSPS) is 14.4. The predicted octanol–water partition coefficient (Wildman–Crippen LogP) is 1.70. The number of hydrogen-bond acceptors (Lipinski definition) is 3. The van der Waals surface area contributed by atoms with Gasteiger partial charge in [0.1, 0.15) is 0 Å². The predicted molar refractivity (Wildman–Crippen MR) is 78.2 cm³/mol. The van der Waals surface area contributed by atoms with Crippen molar-refractivity contribution < 1.29 is 4.79 Å². The summed E-state index contributed by atoms with van der Waals surface area (Å²) in [5.74, 6) is 0.0516. The molecule has 0 heterocycles. The van der Waals surface area contributed by atoms with Crippen LogP contribution in [0, 0.1) is 0 Å². The Morgan fingerprint density at radius 3 is 2.68 bits per heavy atom. The van der Waals surface area contributed by atoms with Gasteiger partial charge >= 0.3 is 0 Å².